The van der Waals surface area contributed by atoms with Crippen molar-refractivity contribution >= 4 is 32.7 Å². The van der Waals surface area contributed by atoms with Crippen molar-refractivity contribution in [3.05, 3.63) is 41.1 Å². The standard InChI is InChI=1S/C16H14F3N3O7S2/c17-16(18,19)12-4-10(21-29-12)11-1-2-13(30-11)31(26,27)22-15(14(24)25)5-8(15)9-3-7(6-23)28-20-9/h1,3-4,8,13,22-23H,2,5-6H2,(H,24,25). The van der Waals surface area contributed by atoms with E-state index in [1.54, 1.807) is 0 Å². The number of aromatic nitrogens is 2. The number of allylic oxidation sites excluding steroid dienone is 1. The molecule has 2 aromatic heterocycles. The molecule has 1 aliphatic heterocycles. The van der Waals surface area contributed by atoms with Crippen LogP contribution in [0.5, 0.6) is 0 Å². The van der Waals surface area contributed by atoms with Crippen LogP contribution in [0.25, 0.3) is 4.91 Å². The number of nitrogens with zero attached hydrogens (tertiary/aromatic N) is 2. The fourth-order valence-electron chi connectivity index (χ4n) is 3.22. The van der Waals surface area contributed by atoms with E-state index in [9.17, 15) is 31.5 Å². The van der Waals surface area contributed by atoms with Gasteiger partial charge in [-0.25, -0.2) is 8.42 Å². The maximum Gasteiger partial charge on any atom is 0.452 e. The van der Waals surface area contributed by atoms with Gasteiger partial charge in [-0.3, -0.25) is 4.79 Å². The smallest absolute Gasteiger partial charge is 0.452 e. The predicted octanol–water partition coefficient (Wildman–Crippen LogP) is 1.91. The maximum atomic E-state index is 12.8. The van der Waals surface area contributed by atoms with Crippen molar-refractivity contribution in [1.29, 1.82) is 0 Å². The molecule has 15 heteroatoms. The van der Waals surface area contributed by atoms with Crippen molar-refractivity contribution in [3.8, 4) is 0 Å². The monoisotopic (exact) mass is 481 g/mol. The number of nitrogens with one attached hydrogen (secondary N) is 1. The van der Waals surface area contributed by atoms with E-state index in [2.05, 4.69) is 19.6 Å². The number of carboxylic acid groups (broad SMARTS) is 1. The molecule has 0 amide bonds. The van der Waals surface area contributed by atoms with Crippen LogP contribution in [0, 0.1) is 0 Å². The zero-order valence-corrected chi connectivity index (χ0v) is 16.9. The molecule has 3 atom stereocenters. The van der Waals surface area contributed by atoms with Crippen LogP contribution >= 0.6 is 11.8 Å². The highest BCUT2D eigenvalue weighted by Gasteiger charge is 2.65. The molecule has 1 fully saturated rings. The number of halogens is 3. The van der Waals surface area contributed by atoms with Gasteiger partial charge in [0.05, 0.1) is 5.69 Å². The Balaban J connectivity index is 1.48. The lowest BCUT2D eigenvalue weighted by molar-refractivity contribution is -0.155. The average molecular weight is 481 g/mol. The van der Waals surface area contributed by atoms with Crippen molar-refractivity contribution in [2.75, 3.05) is 0 Å². The summed E-state index contributed by atoms with van der Waals surface area (Å²) in [4.78, 5) is 12.0. The molecule has 4 rings (SSSR count). The third-order valence-corrected chi connectivity index (χ3v) is 8.57. The highest BCUT2D eigenvalue weighted by Crippen LogP contribution is 2.53. The minimum absolute atomic E-state index is 0.0669. The quantitative estimate of drug-likeness (QED) is 0.534. The van der Waals surface area contributed by atoms with Crippen LogP contribution in [0.15, 0.2) is 27.3 Å². The first-order valence-corrected chi connectivity index (χ1v) is 11.1. The molecule has 2 aliphatic rings. The van der Waals surface area contributed by atoms with E-state index >= 15 is 0 Å². The van der Waals surface area contributed by atoms with Gasteiger partial charge in [0, 0.05) is 23.0 Å². The second-order valence-corrected chi connectivity index (χ2v) is 10.4. The number of aliphatic hydroxyl groups is 1. The lowest BCUT2D eigenvalue weighted by Gasteiger charge is -2.18. The van der Waals surface area contributed by atoms with E-state index in [1.807, 2.05) is 0 Å². The molecule has 3 heterocycles. The lowest BCUT2D eigenvalue weighted by Crippen LogP contribution is -2.47. The van der Waals surface area contributed by atoms with Crippen molar-refractivity contribution < 1.29 is 45.6 Å². The fraction of sp³-hybridized carbons (Fsp3) is 0.438. The topological polar surface area (TPSA) is 156 Å². The number of hydrogen-bond donors (Lipinski definition) is 3. The number of rotatable bonds is 7. The van der Waals surface area contributed by atoms with E-state index in [4.69, 9.17) is 9.63 Å². The summed E-state index contributed by atoms with van der Waals surface area (Å²) >= 11 is 0.740. The van der Waals surface area contributed by atoms with E-state index in [0.29, 0.717) is 6.07 Å². The van der Waals surface area contributed by atoms with Crippen LogP contribution in [0.2, 0.25) is 0 Å². The zero-order chi connectivity index (χ0) is 22.6. The Morgan fingerprint density at radius 2 is 2.06 bits per heavy atom. The molecular formula is C16H14F3N3O7S2. The molecular weight excluding hydrogens is 467 g/mol. The SMILES string of the molecule is O=C(O)C1(NS(=O)(=O)C2CC=C(c3cc(C(F)(F)F)on3)S2)CC1c1cc(CO)on1. The number of thioether (sulfide) groups is 1. The molecule has 0 saturated heterocycles. The van der Waals surface area contributed by atoms with E-state index in [1.165, 1.54) is 12.1 Å². The number of aliphatic hydroxyl groups excluding tert-OH is 1. The van der Waals surface area contributed by atoms with E-state index in [0.717, 1.165) is 11.8 Å². The minimum Gasteiger partial charge on any atom is -0.480 e. The van der Waals surface area contributed by atoms with Crippen molar-refractivity contribution in [2.45, 2.75) is 41.7 Å². The molecule has 31 heavy (non-hydrogen) atoms. The third kappa shape index (κ3) is 3.97. The van der Waals surface area contributed by atoms with Gasteiger partial charge < -0.3 is 19.3 Å². The van der Waals surface area contributed by atoms with Gasteiger partial charge >= 0.3 is 12.1 Å². The van der Waals surface area contributed by atoms with Gasteiger partial charge in [-0.1, -0.05) is 16.4 Å². The van der Waals surface area contributed by atoms with Gasteiger partial charge in [-0.2, -0.15) is 17.9 Å². The van der Waals surface area contributed by atoms with Gasteiger partial charge in [0.15, 0.2) is 5.76 Å². The van der Waals surface area contributed by atoms with Gasteiger partial charge in [0.2, 0.25) is 15.8 Å². The Morgan fingerprint density at radius 1 is 1.32 bits per heavy atom. The van der Waals surface area contributed by atoms with Crippen molar-refractivity contribution in [3.63, 3.8) is 0 Å². The summed E-state index contributed by atoms with van der Waals surface area (Å²) in [5, 5.41) is 25.7. The zero-order valence-electron chi connectivity index (χ0n) is 15.3. The summed E-state index contributed by atoms with van der Waals surface area (Å²) in [5.74, 6) is -3.41. The molecule has 1 aliphatic carbocycles. The molecule has 3 N–H and O–H groups in total. The number of hydrogen-bond acceptors (Lipinski definition) is 9. The predicted molar refractivity (Wildman–Crippen MR) is 97.7 cm³/mol. The minimum atomic E-state index is -4.73. The van der Waals surface area contributed by atoms with Crippen LogP contribution in [-0.2, 0) is 27.6 Å². The fourth-order valence-corrected chi connectivity index (χ4v) is 6.37. The van der Waals surface area contributed by atoms with Gasteiger partial charge in [-0.05, 0) is 12.8 Å². The summed E-state index contributed by atoms with van der Waals surface area (Å²) in [6, 6.07) is 2.01. The van der Waals surface area contributed by atoms with Crippen LogP contribution in [0.3, 0.4) is 0 Å². The summed E-state index contributed by atoms with van der Waals surface area (Å²) in [6.07, 6.45) is -3.47. The molecule has 1 saturated carbocycles. The highest BCUT2D eigenvalue weighted by atomic mass is 32.3. The number of carboxylic acids is 1. The Kier molecular flexibility index (Phi) is 5.19. The van der Waals surface area contributed by atoms with Crippen molar-refractivity contribution in [2.24, 2.45) is 0 Å². The molecule has 0 bridgehead atoms. The molecule has 3 unspecified atom stereocenters. The second-order valence-electron chi connectivity index (χ2n) is 6.98. The van der Waals surface area contributed by atoms with Crippen LogP contribution < -0.4 is 4.72 Å². The number of aliphatic carboxylic acids is 1. The molecule has 0 spiro atoms. The maximum absolute atomic E-state index is 12.8. The molecule has 168 valence electrons. The first kappa shape index (κ1) is 21.9. The highest BCUT2D eigenvalue weighted by molar-refractivity contribution is 8.18. The Labute approximate surface area is 176 Å². The van der Waals surface area contributed by atoms with Crippen molar-refractivity contribution in [1.82, 2.24) is 15.0 Å². The molecule has 0 aromatic carbocycles. The third-order valence-electron chi connectivity index (χ3n) is 4.90. The van der Waals surface area contributed by atoms with Gasteiger partial charge in [0.1, 0.15) is 22.4 Å². The largest absolute Gasteiger partial charge is 0.480 e. The average Bonchev–Trinajstić information content (AvgIpc) is 3.19. The van der Waals surface area contributed by atoms with E-state index < -0.39 is 50.6 Å². The van der Waals surface area contributed by atoms with Gasteiger partial charge in [-0.15, -0.1) is 11.8 Å². The summed E-state index contributed by atoms with van der Waals surface area (Å²) in [6.45, 7) is -0.448. The first-order chi connectivity index (χ1) is 14.5. The number of carbonyl (C=O) groups is 1. The lowest BCUT2D eigenvalue weighted by atomic mass is 10.1. The van der Waals surface area contributed by atoms with Crippen LogP contribution in [-0.4, -0.2) is 45.0 Å². The molecule has 2 aromatic rings. The number of sulfonamides is 1. The second kappa shape index (κ2) is 7.36. The normalized spacial score (nSPS) is 26.1. The summed E-state index contributed by atoms with van der Waals surface area (Å²) in [7, 11) is -4.21. The Morgan fingerprint density at radius 3 is 2.65 bits per heavy atom. The Hall–Kier alpha value is -2.36. The molecule has 10 nitrogen and oxygen atoms in total. The van der Waals surface area contributed by atoms with Gasteiger partial charge in [0.25, 0.3) is 0 Å². The Bertz CT molecular complexity index is 1160. The van der Waals surface area contributed by atoms with Crippen LogP contribution in [0.4, 0.5) is 13.2 Å². The summed E-state index contributed by atoms with van der Waals surface area (Å²) < 4.78 is 73.8. The number of alkyl halides is 3. The van der Waals surface area contributed by atoms with Crippen LogP contribution in [0.1, 0.15) is 41.7 Å². The first-order valence-electron chi connectivity index (χ1n) is 8.70. The molecule has 0 radical (unpaired) electrons. The van der Waals surface area contributed by atoms with E-state index in [-0.39, 0.29) is 34.9 Å². The summed E-state index contributed by atoms with van der Waals surface area (Å²) in [5.41, 5.74) is -1.80.